The maximum absolute atomic E-state index is 14.0. The van der Waals surface area contributed by atoms with Crippen molar-refractivity contribution in [1.29, 1.82) is 0 Å². The van der Waals surface area contributed by atoms with Gasteiger partial charge >= 0.3 is 0 Å². The second-order valence-corrected chi connectivity index (χ2v) is 4.77. The van der Waals surface area contributed by atoms with Gasteiger partial charge in [0.25, 0.3) is 0 Å². The molecular weight excluding hydrogens is 262 g/mol. The lowest BCUT2D eigenvalue weighted by molar-refractivity contribution is 0.213. The number of aliphatic hydroxyl groups excluding tert-OH is 1. The van der Waals surface area contributed by atoms with Gasteiger partial charge in [-0.05, 0) is 48.7 Å². The Hall–Kier alpha value is -1.94. The van der Waals surface area contributed by atoms with E-state index in [9.17, 15) is 13.9 Å². The largest absolute Gasteiger partial charge is 0.494 e. The molecule has 0 radical (unpaired) electrons. The summed E-state index contributed by atoms with van der Waals surface area (Å²) in [5, 5.41) is 10.3. The molecule has 0 aromatic heterocycles. The molecule has 2 aromatic carbocycles. The van der Waals surface area contributed by atoms with Gasteiger partial charge in [0, 0.05) is 5.56 Å². The Balaban J connectivity index is 2.46. The first kappa shape index (κ1) is 14.5. The van der Waals surface area contributed by atoms with E-state index in [0.29, 0.717) is 5.56 Å². The number of hydrogen-bond donors (Lipinski definition) is 1. The molecule has 0 saturated heterocycles. The minimum atomic E-state index is -1.21. The first-order valence-electron chi connectivity index (χ1n) is 6.22. The topological polar surface area (TPSA) is 29.5 Å². The highest BCUT2D eigenvalue weighted by molar-refractivity contribution is 5.40. The van der Waals surface area contributed by atoms with E-state index in [1.165, 1.54) is 25.3 Å². The highest BCUT2D eigenvalue weighted by atomic mass is 19.1. The quantitative estimate of drug-likeness (QED) is 0.928. The number of aliphatic hydroxyl groups is 1. The first-order chi connectivity index (χ1) is 9.43. The van der Waals surface area contributed by atoms with Crippen molar-refractivity contribution in [2.45, 2.75) is 20.0 Å². The van der Waals surface area contributed by atoms with E-state index in [1.807, 2.05) is 0 Å². The maximum Gasteiger partial charge on any atom is 0.165 e. The summed E-state index contributed by atoms with van der Waals surface area (Å²) in [6, 6.07) is 7.22. The van der Waals surface area contributed by atoms with Crippen LogP contribution in [0, 0.1) is 25.5 Å². The summed E-state index contributed by atoms with van der Waals surface area (Å²) in [5.41, 5.74) is 1.86. The van der Waals surface area contributed by atoms with Crippen LogP contribution in [0.25, 0.3) is 0 Å². The molecule has 1 N–H and O–H groups in total. The van der Waals surface area contributed by atoms with Crippen LogP contribution >= 0.6 is 0 Å². The van der Waals surface area contributed by atoms with E-state index >= 15 is 0 Å². The maximum atomic E-state index is 14.0. The van der Waals surface area contributed by atoms with E-state index in [0.717, 1.165) is 11.6 Å². The highest BCUT2D eigenvalue weighted by Gasteiger charge is 2.19. The van der Waals surface area contributed by atoms with Crippen LogP contribution in [0.2, 0.25) is 0 Å². The fourth-order valence-electron chi connectivity index (χ4n) is 2.29. The van der Waals surface area contributed by atoms with Crippen molar-refractivity contribution in [2.75, 3.05) is 7.11 Å². The standard InChI is InChI=1S/C16H16F2O2/c1-9-6-10(2)15(13(18)7-9)16(19)11-4-5-14(20-3)12(17)8-11/h4-8,16,19H,1-3H3. The molecule has 1 unspecified atom stereocenters. The molecule has 0 aliphatic rings. The molecule has 2 nitrogen and oxygen atoms in total. The molecule has 4 heteroatoms. The summed E-state index contributed by atoms with van der Waals surface area (Å²) in [6.07, 6.45) is -1.21. The molecule has 0 fully saturated rings. The van der Waals surface area contributed by atoms with Gasteiger partial charge in [0.2, 0.25) is 0 Å². The average molecular weight is 278 g/mol. The normalized spacial score (nSPS) is 12.3. The highest BCUT2D eigenvalue weighted by Crippen LogP contribution is 2.30. The van der Waals surface area contributed by atoms with E-state index < -0.39 is 17.7 Å². The van der Waals surface area contributed by atoms with Crippen LogP contribution in [0.15, 0.2) is 30.3 Å². The van der Waals surface area contributed by atoms with E-state index in [2.05, 4.69) is 0 Å². The summed E-state index contributed by atoms with van der Waals surface area (Å²) in [4.78, 5) is 0. The van der Waals surface area contributed by atoms with E-state index in [1.54, 1.807) is 19.9 Å². The third-order valence-electron chi connectivity index (χ3n) is 3.25. The van der Waals surface area contributed by atoms with Crippen LogP contribution in [-0.2, 0) is 0 Å². The minimum absolute atomic E-state index is 0.0852. The average Bonchev–Trinajstić information content (AvgIpc) is 2.37. The van der Waals surface area contributed by atoms with E-state index in [4.69, 9.17) is 4.74 Å². The Morgan fingerprint density at radius 3 is 2.30 bits per heavy atom. The predicted molar refractivity (Wildman–Crippen MR) is 72.9 cm³/mol. The number of hydrogen-bond acceptors (Lipinski definition) is 2. The van der Waals surface area contributed by atoms with Crippen LogP contribution in [0.1, 0.15) is 28.4 Å². The zero-order valence-corrected chi connectivity index (χ0v) is 11.6. The fourth-order valence-corrected chi connectivity index (χ4v) is 2.29. The van der Waals surface area contributed by atoms with Gasteiger partial charge in [0.05, 0.1) is 7.11 Å². The number of halogens is 2. The first-order valence-corrected chi connectivity index (χ1v) is 6.22. The van der Waals surface area contributed by atoms with Crippen molar-refractivity contribution < 1.29 is 18.6 Å². The van der Waals surface area contributed by atoms with Crippen molar-refractivity contribution in [1.82, 2.24) is 0 Å². The van der Waals surface area contributed by atoms with Gasteiger partial charge in [-0.2, -0.15) is 0 Å². The molecule has 0 heterocycles. The Morgan fingerprint density at radius 2 is 1.75 bits per heavy atom. The predicted octanol–water partition coefficient (Wildman–Crippen LogP) is 3.67. The molecule has 0 amide bonds. The Morgan fingerprint density at radius 1 is 1.05 bits per heavy atom. The third kappa shape index (κ3) is 2.65. The Labute approximate surface area is 116 Å². The summed E-state index contributed by atoms with van der Waals surface area (Å²) >= 11 is 0. The smallest absolute Gasteiger partial charge is 0.165 e. The molecule has 106 valence electrons. The molecule has 0 aliphatic heterocycles. The molecule has 2 rings (SSSR count). The van der Waals surface area contributed by atoms with Crippen LogP contribution in [0.4, 0.5) is 8.78 Å². The summed E-state index contributed by atoms with van der Waals surface area (Å²) in [7, 11) is 1.36. The van der Waals surface area contributed by atoms with Gasteiger partial charge in [-0.3, -0.25) is 0 Å². The third-order valence-corrected chi connectivity index (χ3v) is 3.25. The van der Waals surface area contributed by atoms with Gasteiger partial charge in [-0.15, -0.1) is 0 Å². The van der Waals surface area contributed by atoms with Gasteiger partial charge in [0.15, 0.2) is 11.6 Å². The number of ether oxygens (including phenoxy) is 1. The van der Waals surface area contributed by atoms with Crippen LogP contribution in [-0.4, -0.2) is 12.2 Å². The van der Waals surface area contributed by atoms with Gasteiger partial charge < -0.3 is 9.84 Å². The molecule has 0 aliphatic carbocycles. The number of methoxy groups -OCH3 is 1. The van der Waals surface area contributed by atoms with Gasteiger partial charge in [0.1, 0.15) is 11.9 Å². The van der Waals surface area contributed by atoms with Crippen LogP contribution < -0.4 is 4.74 Å². The minimum Gasteiger partial charge on any atom is -0.494 e. The molecule has 0 spiro atoms. The summed E-state index contributed by atoms with van der Waals surface area (Å²) < 4.78 is 32.5. The van der Waals surface area contributed by atoms with Crippen molar-refractivity contribution in [2.24, 2.45) is 0 Å². The van der Waals surface area contributed by atoms with Crippen molar-refractivity contribution in [3.05, 3.63) is 64.2 Å². The van der Waals surface area contributed by atoms with Crippen molar-refractivity contribution in [3.63, 3.8) is 0 Å². The Bertz CT molecular complexity index is 615. The molecule has 2 aromatic rings. The molecule has 1 atom stereocenters. The Kier molecular flexibility index (Phi) is 4.04. The molecule has 0 bridgehead atoms. The van der Waals surface area contributed by atoms with Gasteiger partial charge in [-0.25, -0.2) is 8.78 Å². The van der Waals surface area contributed by atoms with E-state index in [-0.39, 0.29) is 16.9 Å². The van der Waals surface area contributed by atoms with Crippen molar-refractivity contribution >= 4 is 0 Å². The van der Waals surface area contributed by atoms with Crippen LogP contribution in [0.3, 0.4) is 0 Å². The second-order valence-electron chi connectivity index (χ2n) is 4.77. The second kappa shape index (κ2) is 5.59. The lowest BCUT2D eigenvalue weighted by Crippen LogP contribution is -2.06. The molecule has 0 saturated carbocycles. The fraction of sp³-hybridized carbons (Fsp3) is 0.250. The van der Waals surface area contributed by atoms with Crippen molar-refractivity contribution in [3.8, 4) is 5.75 Å². The molecular formula is C16H16F2O2. The number of aryl methyl sites for hydroxylation is 2. The zero-order valence-electron chi connectivity index (χ0n) is 11.6. The summed E-state index contributed by atoms with van der Waals surface area (Å²) in [6.45, 7) is 3.49. The lowest BCUT2D eigenvalue weighted by atomic mass is 9.95. The lowest BCUT2D eigenvalue weighted by Gasteiger charge is -2.16. The van der Waals surface area contributed by atoms with Crippen LogP contribution in [0.5, 0.6) is 5.75 Å². The zero-order chi connectivity index (χ0) is 14.9. The summed E-state index contributed by atoms with van der Waals surface area (Å²) in [5.74, 6) is -0.998. The monoisotopic (exact) mass is 278 g/mol. The molecule has 20 heavy (non-hydrogen) atoms. The SMILES string of the molecule is COc1ccc(C(O)c2c(C)cc(C)cc2F)cc1F. The number of benzene rings is 2. The van der Waals surface area contributed by atoms with Gasteiger partial charge in [-0.1, -0.05) is 12.1 Å². The number of rotatable bonds is 3.